The Morgan fingerprint density at radius 3 is 2.11 bits per heavy atom. The van der Waals surface area contributed by atoms with Crippen molar-refractivity contribution in [1.29, 1.82) is 0 Å². The molecule has 0 aliphatic carbocycles. The van der Waals surface area contributed by atoms with Crippen molar-refractivity contribution in [2.24, 2.45) is 5.92 Å². The maximum atomic E-state index is 13.9. The van der Waals surface area contributed by atoms with Crippen LogP contribution in [0.3, 0.4) is 0 Å². The highest BCUT2D eigenvalue weighted by atomic mass is 32.2. The van der Waals surface area contributed by atoms with Gasteiger partial charge in [-0.25, -0.2) is 0 Å². The molecule has 2 unspecified atom stereocenters. The van der Waals surface area contributed by atoms with Crippen LogP contribution in [-0.4, -0.2) is 76.0 Å². The maximum absolute atomic E-state index is 13.9. The Morgan fingerprint density at radius 1 is 0.921 bits per heavy atom. The summed E-state index contributed by atoms with van der Waals surface area (Å²) in [5.41, 5.74) is 1.38. The number of nitrogens with one attached hydrogen (secondary N) is 1. The molecule has 9 nitrogen and oxygen atoms in total. The molecule has 2 atom stereocenters. The van der Waals surface area contributed by atoms with Gasteiger partial charge in [0.25, 0.3) is 5.91 Å². The Morgan fingerprint density at radius 2 is 1.55 bits per heavy atom. The van der Waals surface area contributed by atoms with Gasteiger partial charge in [0.15, 0.2) is 23.0 Å². The first kappa shape index (κ1) is 29.3. The van der Waals surface area contributed by atoms with Gasteiger partial charge in [0.05, 0.1) is 40.9 Å². The van der Waals surface area contributed by atoms with Gasteiger partial charge in [-0.3, -0.25) is 9.59 Å². The molecule has 0 spiro atoms. The van der Waals surface area contributed by atoms with E-state index in [1.807, 2.05) is 18.2 Å². The van der Waals surface area contributed by atoms with Crippen LogP contribution in [0.2, 0.25) is 0 Å². The zero-order valence-corrected chi connectivity index (χ0v) is 24.0. The Kier molecular flexibility index (Phi) is 10.4. The van der Waals surface area contributed by atoms with E-state index in [1.165, 1.54) is 21.3 Å². The van der Waals surface area contributed by atoms with Crippen LogP contribution in [-0.2, 0) is 11.2 Å². The van der Waals surface area contributed by atoms with Gasteiger partial charge < -0.3 is 33.9 Å². The highest BCUT2D eigenvalue weighted by molar-refractivity contribution is 8.00. The third kappa shape index (κ3) is 6.59. The number of ether oxygens (including phenoxy) is 5. The van der Waals surface area contributed by atoms with Crippen LogP contribution in [0.5, 0.6) is 28.7 Å². The lowest BCUT2D eigenvalue weighted by Gasteiger charge is -2.30. The van der Waals surface area contributed by atoms with Crippen molar-refractivity contribution in [2.75, 3.05) is 47.8 Å². The number of thioether (sulfide) groups is 1. The van der Waals surface area contributed by atoms with Crippen molar-refractivity contribution in [3.05, 3.63) is 41.5 Å². The van der Waals surface area contributed by atoms with Crippen molar-refractivity contribution >= 4 is 23.6 Å². The number of nitrogens with zero attached hydrogens (tertiary/aromatic N) is 1. The first-order valence-electron chi connectivity index (χ1n) is 12.5. The largest absolute Gasteiger partial charge is 0.493 e. The molecule has 1 fully saturated rings. The number of benzene rings is 2. The average Bonchev–Trinajstić information content (AvgIpc) is 3.34. The molecular formula is C28H38N2O7S. The molecule has 1 heterocycles. The highest BCUT2D eigenvalue weighted by Gasteiger charge is 2.42. The van der Waals surface area contributed by atoms with Gasteiger partial charge in [-0.1, -0.05) is 19.9 Å². The summed E-state index contributed by atoms with van der Waals surface area (Å²) in [5.74, 6) is 2.93. The van der Waals surface area contributed by atoms with Crippen LogP contribution in [0.25, 0.3) is 0 Å². The lowest BCUT2D eigenvalue weighted by Crippen LogP contribution is -2.50. The minimum atomic E-state index is -0.597. The summed E-state index contributed by atoms with van der Waals surface area (Å²) in [6.45, 7) is 4.65. The van der Waals surface area contributed by atoms with Gasteiger partial charge in [0, 0.05) is 17.9 Å². The summed E-state index contributed by atoms with van der Waals surface area (Å²) in [5, 5.41) is 2.90. The van der Waals surface area contributed by atoms with E-state index in [1.54, 1.807) is 43.0 Å². The molecule has 0 aromatic heterocycles. The average molecular weight is 547 g/mol. The molecule has 3 rings (SSSR count). The van der Waals surface area contributed by atoms with Crippen LogP contribution >= 0.6 is 11.8 Å². The van der Waals surface area contributed by atoms with Crippen molar-refractivity contribution in [1.82, 2.24) is 10.2 Å². The van der Waals surface area contributed by atoms with Crippen LogP contribution in [0.1, 0.15) is 36.2 Å². The SMILES string of the molecule is COc1ccc(CCNC(=O)C2CSC(CC(C)C)N2C(=O)c2cc(OC)c(OC)c(OC)c2)cc1OC. The third-order valence-electron chi connectivity index (χ3n) is 6.38. The fraction of sp³-hybridized carbons (Fsp3) is 0.500. The topological polar surface area (TPSA) is 95.6 Å². The Balaban J connectivity index is 1.79. The van der Waals surface area contributed by atoms with Crippen LogP contribution in [0, 0.1) is 5.92 Å². The number of rotatable bonds is 12. The van der Waals surface area contributed by atoms with E-state index in [9.17, 15) is 9.59 Å². The monoisotopic (exact) mass is 546 g/mol. The summed E-state index contributed by atoms with van der Waals surface area (Å²) in [6.07, 6.45) is 1.39. The standard InChI is InChI=1S/C28H38N2O7S/c1-17(2)12-25-30(28(32)19-14-23(35-5)26(37-7)24(15-19)36-6)20(16-38-25)27(31)29-11-10-18-8-9-21(33-3)22(13-18)34-4/h8-9,13-15,17,20,25H,10-12,16H2,1-7H3,(H,29,31). The third-order valence-corrected chi connectivity index (χ3v) is 7.69. The Labute approximate surface area is 229 Å². The molecular weight excluding hydrogens is 508 g/mol. The van der Waals surface area contributed by atoms with Crippen molar-refractivity contribution in [3.8, 4) is 28.7 Å². The summed E-state index contributed by atoms with van der Waals surface area (Å²) >= 11 is 1.63. The predicted molar refractivity (Wildman–Crippen MR) is 148 cm³/mol. The smallest absolute Gasteiger partial charge is 0.255 e. The van der Waals surface area contributed by atoms with Crippen molar-refractivity contribution in [3.63, 3.8) is 0 Å². The van der Waals surface area contributed by atoms with Gasteiger partial charge >= 0.3 is 0 Å². The molecule has 0 bridgehead atoms. The molecule has 1 saturated heterocycles. The quantitative estimate of drug-likeness (QED) is 0.427. The number of hydrogen-bond acceptors (Lipinski definition) is 8. The second-order valence-electron chi connectivity index (χ2n) is 9.29. The number of methoxy groups -OCH3 is 5. The van der Waals surface area contributed by atoms with Crippen LogP contribution in [0.4, 0.5) is 0 Å². The molecule has 2 aromatic carbocycles. The summed E-state index contributed by atoms with van der Waals surface area (Å²) in [4.78, 5) is 28.9. The Bertz CT molecular complexity index is 1100. The van der Waals surface area contributed by atoms with Gasteiger partial charge in [0.2, 0.25) is 11.7 Å². The van der Waals surface area contributed by atoms with E-state index in [0.29, 0.717) is 58.9 Å². The molecule has 2 aromatic rings. The van der Waals surface area contributed by atoms with Crippen molar-refractivity contribution in [2.45, 2.75) is 38.1 Å². The minimum Gasteiger partial charge on any atom is -0.493 e. The van der Waals surface area contributed by atoms with Gasteiger partial charge in [-0.15, -0.1) is 11.8 Å². The van der Waals surface area contributed by atoms with E-state index >= 15 is 0 Å². The van der Waals surface area contributed by atoms with Gasteiger partial charge in [-0.2, -0.15) is 0 Å². The lowest BCUT2D eigenvalue weighted by molar-refractivity contribution is -0.124. The normalized spacial score (nSPS) is 16.8. The molecule has 208 valence electrons. The molecule has 1 aliphatic heterocycles. The zero-order chi connectivity index (χ0) is 27.8. The fourth-order valence-corrected chi connectivity index (χ4v) is 6.10. The van der Waals surface area contributed by atoms with E-state index < -0.39 is 6.04 Å². The second kappa shape index (κ2) is 13.5. The molecule has 1 N–H and O–H groups in total. The Hall–Kier alpha value is -3.27. The van der Waals surface area contributed by atoms with E-state index in [0.717, 1.165) is 12.0 Å². The molecule has 0 saturated carbocycles. The summed E-state index contributed by atoms with van der Waals surface area (Å²) in [6, 6.07) is 8.35. The van der Waals surface area contributed by atoms with Gasteiger partial charge in [-0.05, 0) is 48.6 Å². The highest BCUT2D eigenvalue weighted by Crippen LogP contribution is 2.40. The molecule has 1 aliphatic rings. The molecule has 10 heteroatoms. The molecule has 38 heavy (non-hydrogen) atoms. The molecule has 0 radical (unpaired) electrons. The minimum absolute atomic E-state index is 0.122. The lowest BCUT2D eigenvalue weighted by atomic mass is 10.1. The molecule has 2 amide bonds. The predicted octanol–water partition coefficient (Wildman–Crippen LogP) is 4.02. The summed E-state index contributed by atoms with van der Waals surface area (Å²) < 4.78 is 27.0. The fourth-order valence-electron chi connectivity index (χ4n) is 4.46. The van der Waals surface area contributed by atoms with Crippen LogP contribution in [0.15, 0.2) is 30.3 Å². The number of amides is 2. The first-order valence-corrected chi connectivity index (χ1v) is 13.6. The zero-order valence-electron chi connectivity index (χ0n) is 23.2. The van der Waals surface area contributed by atoms with Crippen molar-refractivity contribution < 1.29 is 33.3 Å². The number of hydrogen-bond donors (Lipinski definition) is 1. The maximum Gasteiger partial charge on any atom is 0.255 e. The van der Waals surface area contributed by atoms with E-state index in [2.05, 4.69) is 19.2 Å². The summed E-state index contributed by atoms with van der Waals surface area (Å²) in [7, 11) is 7.71. The second-order valence-corrected chi connectivity index (χ2v) is 10.5. The van der Waals surface area contributed by atoms with E-state index in [-0.39, 0.29) is 17.2 Å². The van der Waals surface area contributed by atoms with Gasteiger partial charge in [0.1, 0.15) is 6.04 Å². The first-order chi connectivity index (χ1) is 18.3. The van der Waals surface area contributed by atoms with Crippen LogP contribution < -0.4 is 29.0 Å². The number of carbonyl (C=O) groups is 2. The van der Waals surface area contributed by atoms with E-state index in [4.69, 9.17) is 23.7 Å². The number of carbonyl (C=O) groups excluding carboxylic acids is 2.